The van der Waals surface area contributed by atoms with Crippen LogP contribution in [-0.4, -0.2) is 42.2 Å². The first-order chi connectivity index (χ1) is 9.75. The summed E-state index contributed by atoms with van der Waals surface area (Å²) in [6, 6.07) is 4.73. The van der Waals surface area contributed by atoms with Crippen molar-refractivity contribution in [3.05, 3.63) is 42.5 Å². The van der Waals surface area contributed by atoms with Crippen LogP contribution >= 0.6 is 0 Å². The number of amides is 1. The molecular formula is C14H16F3NO3. The number of alkyl halides is 3. The largest absolute Gasteiger partial charge is 0.490 e. The van der Waals surface area contributed by atoms with E-state index in [9.17, 15) is 23.1 Å². The molecule has 1 aromatic rings. The van der Waals surface area contributed by atoms with Gasteiger partial charge in [0.1, 0.15) is 18.5 Å². The van der Waals surface area contributed by atoms with Crippen LogP contribution in [0.15, 0.2) is 36.9 Å². The number of halogens is 3. The minimum Gasteiger partial charge on any atom is -0.490 e. The number of ether oxygens (including phenoxy) is 1. The summed E-state index contributed by atoms with van der Waals surface area (Å²) in [5.74, 6) is -0.758. The lowest BCUT2D eigenvalue weighted by molar-refractivity contribution is -0.139. The highest BCUT2D eigenvalue weighted by atomic mass is 19.4. The number of likely N-dealkylation sites (N-methyl/N-ethyl adjacent to an activating group) is 1. The number of hydrogen-bond donors (Lipinski definition) is 1. The van der Waals surface area contributed by atoms with E-state index in [2.05, 4.69) is 6.58 Å². The zero-order valence-electron chi connectivity index (χ0n) is 11.4. The molecule has 0 aliphatic heterocycles. The maximum absolute atomic E-state index is 12.7. The molecule has 0 fully saturated rings. The summed E-state index contributed by atoms with van der Waals surface area (Å²) < 4.78 is 43.2. The Hall–Kier alpha value is -2.02. The number of carbonyl (C=O) groups excluding carboxylic acids is 1. The molecule has 4 nitrogen and oxygen atoms in total. The third-order valence-corrected chi connectivity index (χ3v) is 2.66. The number of nitrogens with zero attached hydrogens (tertiary/aromatic N) is 1. The Labute approximate surface area is 120 Å². The fourth-order valence-corrected chi connectivity index (χ4v) is 1.63. The van der Waals surface area contributed by atoms with E-state index in [0.717, 1.165) is 12.1 Å². The molecule has 0 saturated heterocycles. The topological polar surface area (TPSA) is 49.8 Å². The van der Waals surface area contributed by atoms with Crippen molar-refractivity contribution < 1.29 is 27.8 Å². The second-order valence-electron chi connectivity index (χ2n) is 4.38. The number of rotatable bonds is 6. The van der Waals surface area contributed by atoms with Gasteiger partial charge >= 0.3 is 6.18 Å². The van der Waals surface area contributed by atoms with Gasteiger partial charge < -0.3 is 14.7 Å². The highest BCUT2D eigenvalue weighted by Gasteiger charge is 2.34. The van der Waals surface area contributed by atoms with Gasteiger partial charge in [-0.2, -0.15) is 13.2 Å². The molecule has 0 aromatic heterocycles. The molecule has 1 aromatic carbocycles. The standard InChI is InChI=1S/C14H16F3NO3/c1-3-13(20)18(2)8-10(19)9-21-12-7-5-4-6-11(12)14(15,16)17/h3-7,10,19H,1,8-9H2,2H3/t10-/m1/s1. The van der Waals surface area contributed by atoms with E-state index in [1.54, 1.807) is 0 Å². The van der Waals surface area contributed by atoms with Gasteiger partial charge in [0.05, 0.1) is 5.56 Å². The Balaban J connectivity index is 2.64. The molecule has 116 valence electrons. The Kier molecular flexibility index (Phi) is 5.78. The van der Waals surface area contributed by atoms with E-state index < -0.39 is 23.8 Å². The van der Waals surface area contributed by atoms with Gasteiger partial charge in [0.2, 0.25) is 5.91 Å². The van der Waals surface area contributed by atoms with Crippen LogP contribution in [0.25, 0.3) is 0 Å². The highest BCUT2D eigenvalue weighted by molar-refractivity contribution is 5.86. The third-order valence-electron chi connectivity index (χ3n) is 2.66. The number of hydrogen-bond acceptors (Lipinski definition) is 3. The molecule has 1 amide bonds. The lowest BCUT2D eigenvalue weighted by atomic mass is 10.2. The smallest absolute Gasteiger partial charge is 0.419 e. The summed E-state index contributed by atoms with van der Waals surface area (Å²) in [5, 5.41) is 9.68. The maximum Gasteiger partial charge on any atom is 0.419 e. The average molecular weight is 303 g/mol. The molecule has 1 rings (SSSR count). The van der Waals surface area contributed by atoms with E-state index >= 15 is 0 Å². The SMILES string of the molecule is C=CC(=O)N(C)C[C@@H](O)COc1ccccc1C(F)(F)F. The normalized spacial score (nSPS) is 12.6. The molecule has 0 bridgehead atoms. The zero-order valence-corrected chi connectivity index (χ0v) is 11.4. The van der Waals surface area contributed by atoms with Gasteiger partial charge in [-0.25, -0.2) is 0 Å². The van der Waals surface area contributed by atoms with Crippen LogP contribution in [0.2, 0.25) is 0 Å². The van der Waals surface area contributed by atoms with Crippen molar-refractivity contribution in [2.45, 2.75) is 12.3 Å². The molecule has 1 atom stereocenters. The third kappa shape index (κ3) is 5.11. The second-order valence-corrected chi connectivity index (χ2v) is 4.38. The van der Waals surface area contributed by atoms with E-state index in [4.69, 9.17) is 4.74 Å². The summed E-state index contributed by atoms with van der Waals surface area (Å²) in [6.45, 7) is 2.86. The lowest BCUT2D eigenvalue weighted by Crippen LogP contribution is -2.36. The second kappa shape index (κ2) is 7.12. The van der Waals surface area contributed by atoms with E-state index in [-0.39, 0.29) is 18.9 Å². The van der Waals surface area contributed by atoms with Crippen LogP contribution in [0.5, 0.6) is 5.75 Å². The van der Waals surface area contributed by atoms with E-state index in [0.29, 0.717) is 0 Å². The molecule has 7 heteroatoms. The van der Waals surface area contributed by atoms with Crippen molar-refractivity contribution in [2.75, 3.05) is 20.2 Å². The summed E-state index contributed by atoms with van der Waals surface area (Å²) >= 11 is 0. The number of para-hydroxylation sites is 1. The summed E-state index contributed by atoms with van der Waals surface area (Å²) in [5.41, 5.74) is -0.910. The van der Waals surface area contributed by atoms with Gasteiger partial charge in [0, 0.05) is 13.6 Å². The molecule has 0 saturated carbocycles. The zero-order chi connectivity index (χ0) is 16.0. The first-order valence-corrected chi connectivity index (χ1v) is 6.10. The van der Waals surface area contributed by atoms with Gasteiger partial charge in [-0.1, -0.05) is 18.7 Å². The number of benzene rings is 1. The van der Waals surface area contributed by atoms with Crippen molar-refractivity contribution in [3.8, 4) is 5.75 Å². The molecule has 21 heavy (non-hydrogen) atoms. The number of aliphatic hydroxyl groups is 1. The van der Waals surface area contributed by atoms with Crippen molar-refractivity contribution in [3.63, 3.8) is 0 Å². The van der Waals surface area contributed by atoms with Crippen molar-refractivity contribution in [1.29, 1.82) is 0 Å². The summed E-state index contributed by atoms with van der Waals surface area (Å²) in [4.78, 5) is 12.4. The maximum atomic E-state index is 12.7. The van der Waals surface area contributed by atoms with Gasteiger partial charge in [-0.3, -0.25) is 4.79 Å². The Morgan fingerprint density at radius 1 is 1.48 bits per heavy atom. The van der Waals surface area contributed by atoms with Gasteiger partial charge in [-0.05, 0) is 18.2 Å². The molecule has 0 aliphatic rings. The summed E-state index contributed by atoms with van der Waals surface area (Å²) in [7, 11) is 1.44. The molecule has 0 aliphatic carbocycles. The predicted molar refractivity (Wildman–Crippen MR) is 70.8 cm³/mol. The quantitative estimate of drug-likeness (QED) is 0.819. The van der Waals surface area contributed by atoms with Crippen molar-refractivity contribution >= 4 is 5.91 Å². The van der Waals surface area contributed by atoms with Crippen LogP contribution in [0, 0.1) is 0 Å². The predicted octanol–water partition coefficient (Wildman–Crippen LogP) is 2.09. The molecular weight excluding hydrogens is 287 g/mol. The fraction of sp³-hybridized carbons (Fsp3) is 0.357. The molecule has 0 heterocycles. The Bertz CT molecular complexity index is 502. The van der Waals surface area contributed by atoms with Crippen LogP contribution in [0.4, 0.5) is 13.2 Å². The fourth-order valence-electron chi connectivity index (χ4n) is 1.63. The van der Waals surface area contributed by atoms with E-state index in [1.807, 2.05) is 0 Å². The van der Waals surface area contributed by atoms with Gasteiger partial charge in [-0.15, -0.1) is 0 Å². The number of aliphatic hydroxyl groups excluding tert-OH is 1. The Morgan fingerprint density at radius 3 is 2.67 bits per heavy atom. The van der Waals surface area contributed by atoms with Crippen LogP contribution in [-0.2, 0) is 11.0 Å². The molecule has 1 N–H and O–H groups in total. The van der Waals surface area contributed by atoms with E-state index in [1.165, 1.54) is 30.1 Å². The summed E-state index contributed by atoms with van der Waals surface area (Å²) in [6.07, 6.45) is -4.57. The minimum absolute atomic E-state index is 0.0704. The average Bonchev–Trinajstić information content (AvgIpc) is 2.43. The van der Waals surface area contributed by atoms with Crippen LogP contribution in [0.3, 0.4) is 0 Å². The number of carbonyl (C=O) groups is 1. The van der Waals surface area contributed by atoms with Crippen LogP contribution in [0.1, 0.15) is 5.56 Å². The first kappa shape index (κ1) is 17.0. The minimum atomic E-state index is -4.53. The lowest BCUT2D eigenvalue weighted by Gasteiger charge is -2.20. The van der Waals surface area contributed by atoms with Crippen molar-refractivity contribution in [1.82, 2.24) is 4.90 Å². The molecule has 0 unspecified atom stereocenters. The Morgan fingerprint density at radius 2 is 2.10 bits per heavy atom. The van der Waals surface area contributed by atoms with Crippen molar-refractivity contribution in [2.24, 2.45) is 0 Å². The van der Waals surface area contributed by atoms with Gasteiger partial charge in [0.15, 0.2) is 0 Å². The highest BCUT2D eigenvalue weighted by Crippen LogP contribution is 2.35. The molecule has 0 spiro atoms. The molecule has 0 radical (unpaired) electrons. The van der Waals surface area contributed by atoms with Crippen LogP contribution < -0.4 is 4.74 Å². The first-order valence-electron chi connectivity index (χ1n) is 6.10. The van der Waals surface area contributed by atoms with Gasteiger partial charge in [0.25, 0.3) is 0 Å². The monoisotopic (exact) mass is 303 g/mol.